The van der Waals surface area contributed by atoms with E-state index >= 15 is 0 Å². The van der Waals surface area contributed by atoms with Gasteiger partial charge in [-0.25, -0.2) is 14.6 Å². The molecule has 8 heteroatoms. The number of carbonyl (C=O) groups is 2. The van der Waals surface area contributed by atoms with Crippen LogP contribution in [0.1, 0.15) is 17.3 Å². The number of aromatic nitrogens is 1. The lowest BCUT2D eigenvalue weighted by Gasteiger charge is -2.11. The molecule has 104 valence electrons. The number of nitrogens with one attached hydrogen (secondary N) is 2. The summed E-state index contributed by atoms with van der Waals surface area (Å²) in [5.41, 5.74) is 11.2. The second kappa shape index (κ2) is 7.04. The number of urea groups is 1. The molecule has 0 spiro atoms. The van der Waals surface area contributed by atoms with Gasteiger partial charge in [-0.1, -0.05) is 0 Å². The molecule has 0 fully saturated rings. The Kier molecular flexibility index (Phi) is 5.39. The Hall–Kier alpha value is -2.51. The predicted molar refractivity (Wildman–Crippen MR) is 70.7 cm³/mol. The van der Waals surface area contributed by atoms with Crippen LogP contribution in [0.2, 0.25) is 0 Å². The van der Waals surface area contributed by atoms with E-state index in [1.165, 1.54) is 12.3 Å². The molecule has 0 aliphatic carbocycles. The van der Waals surface area contributed by atoms with Gasteiger partial charge in [-0.3, -0.25) is 0 Å². The quantitative estimate of drug-likeness (QED) is 0.421. The summed E-state index contributed by atoms with van der Waals surface area (Å²) in [6, 6.07) is 0.878. The minimum Gasteiger partial charge on any atom is -0.462 e. The van der Waals surface area contributed by atoms with Crippen LogP contribution in [0.15, 0.2) is 12.3 Å². The SMILES string of the molecule is CCOC(=O)c1ccnc(NCCNC(N)=O)c1N. The first-order valence-electron chi connectivity index (χ1n) is 5.75. The molecule has 1 heterocycles. The third kappa shape index (κ3) is 4.34. The zero-order valence-corrected chi connectivity index (χ0v) is 10.6. The number of nitrogen functional groups attached to an aromatic ring is 1. The van der Waals surface area contributed by atoms with E-state index in [-0.39, 0.29) is 17.9 Å². The smallest absolute Gasteiger partial charge is 0.340 e. The van der Waals surface area contributed by atoms with E-state index < -0.39 is 12.0 Å². The molecule has 1 aromatic heterocycles. The van der Waals surface area contributed by atoms with Crippen LogP contribution in [0, 0.1) is 0 Å². The van der Waals surface area contributed by atoms with Crippen LogP contribution < -0.4 is 22.1 Å². The monoisotopic (exact) mass is 267 g/mol. The molecule has 0 aromatic carbocycles. The molecule has 0 radical (unpaired) electrons. The number of ether oxygens (including phenoxy) is 1. The lowest BCUT2D eigenvalue weighted by atomic mass is 10.2. The van der Waals surface area contributed by atoms with E-state index in [4.69, 9.17) is 16.2 Å². The Labute approximate surface area is 110 Å². The fourth-order valence-electron chi connectivity index (χ4n) is 1.37. The highest BCUT2D eigenvalue weighted by Crippen LogP contribution is 2.20. The molecule has 1 rings (SSSR count). The molecule has 2 amide bonds. The molecule has 0 bridgehead atoms. The molecule has 0 atom stereocenters. The summed E-state index contributed by atoms with van der Waals surface area (Å²) in [4.78, 5) is 26.1. The molecule has 6 N–H and O–H groups in total. The highest BCUT2D eigenvalue weighted by atomic mass is 16.5. The van der Waals surface area contributed by atoms with Crippen molar-refractivity contribution in [1.29, 1.82) is 0 Å². The number of nitrogens with two attached hydrogens (primary N) is 2. The molecule has 1 aromatic rings. The van der Waals surface area contributed by atoms with E-state index in [0.29, 0.717) is 18.9 Å². The van der Waals surface area contributed by atoms with Crippen molar-refractivity contribution in [2.24, 2.45) is 5.73 Å². The number of anilines is 2. The predicted octanol–water partition coefficient (Wildman–Crippen LogP) is -0.0793. The first-order chi connectivity index (χ1) is 9.06. The summed E-state index contributed by atoms with van der Waals surface area (Å²) >= 11 is 0. The van der Waals surface area contributed by atoms with Gasteiger partial charge in [0.1, 0.15) is 5.82 Å². The van der Waals surface area contributed by atoms with Gasteiger partial charge in [0.2, 0.25) is 0 Å². The highest BCUT2D eigenvalue weighted by Gasteiger charge is 2.14. The summed E-state index contributed by atoms with van der Waals surface area (Å²) in [6.07, 6.45) is 1.45. The molecular formula is C11H17N5O3. The van der Waals surface area contributed by atoms with Crippen molar-refractivity contribution in [2.75, 3.05) is 30.7 Å². The number of carbonyl (C=O) groups excluding carboxylic acids is 2. The third-order valence-corrected chi connectivity index (χ3v) is 2.20. The van der Waals surface area contributed by atoms with Crippen molar-refractivity contribution in [2.45, 2.75) is 6.92 Å². The summed E-state index contributed by atoms with van der Waals surface area (Å²) in [7, 11) is 0. The van der Waals surface area contributed by atoms with Crippen molar-refractivity contribution in [1.82, 2.24) is 10.3 Å². The summed E-state index contributed by atoms with van der Waals surface area (Å²) < 4.78 is 4.87. The van der Waals surface area contributed by atoms with Crippen molar-refractivity contribution >= 4 is 23.5 Å². The number of primary amides is 1. The highest BCUT2D eigenvalue weighted by molar-refractivity contribution is 5.97. The molecule has 0 saturated heterocycles. The molecule has 19 heavy (non-hydrogen) atoms. The van der Waals surface area contributed by atoms with Gasteiger partial charge in [0, 0.05) is 19.3 Å². The largest absolute Gasteiger partial charge is 0.462 e. The first-order valence-corrected chi connectivity index (χ1v) is 5.75. The molecular weight excluding hydrogens is 250 g/mol. The number of hydrogen-bond donors (Lipinski definition) is 4. The standard InChI is InChI=1S/C11H17N5O3/c1-2-19-10(17)7-3-4-14-9(8(7)12)15-5-6-16-11(13)18/h3-4H,2,5-6,12H2,1H3,(H,14,15)(H3,13,16,18). The van der Waals surface area contributed by atoms with E-state index in [2.05, 4.69) is 15.6 Å². The molecule has 0 unspecified atom stereocenters. The number of pyridine rings is 1. The van der Waals surface area contributed by atoms with Gasteiger partial charge in [0.15, 0.2) is 0 Å². The van der Waals surface area contributed by atoms with Crippen LogP contribution in [0.4, 0.5) is 16.3 Å². The van der Waals surface area contributed by atoms with Gasteiger partial charge < -0.3 is 26.8 Å². The Balaban J connectivity index is 2.66. The fraction of sp³-hybridized carbons (Fsp3) is 0.364. The lowest BCUT2D eigenvalue weighted by molar-refractivity contribution is 0.0527. The Morgan fingerprint density at radius 3 is 2.79 bits per heavy atom. The average Bonchev–Trinajstić information content (AvgIpc) is 2.36. The van der Waals surface area contributed by atoms with Crippen molar-refractivity contribution in [3.05, 3.63) is 17.8 Å². The maximum Gasteiger partial charge on any atom is 0.340 e. The fourth-order valence-corrected chi connectivity index (χ4v) is 1.37. The second-order valence-corrected chi connectivity index (χ2v) is 3.56. The lowest BCUT2D eigenvalue weighted by Crippen LogP contribution is -2.33. The van der Waals surface area contributed by atoms with Gasteiger partial charge >= 0.3 is 12.0 Å². The summed E-state index contributed by atoms with van der Waals surface area (Å²) in [6.45, 7) is 2.68. The first kappa shape index (κ1) is 14.6. The number of esters is 1. The second-order valence-electron chi connectivity index (χ2n) is 3.56. The zero-order chi connectivity index (χ0) is 14.3. The Morgan fingerprint density at radius 1 is 1.42 bits per heavy atom. The number of nitrogens with zero attached hydrogens (tertiary/aromatic N) is 1. The van der Waals surface area contributed by atoms with Crippen LogP contribution in [-0.2, 0) is 4.74 Å². The van der Waals surface area contributed by atoms with Crippen LogP contribution >= 0.6 is 0 Å². The summed E-state index contributed by atoms with van der Waals surface area (Å²) in [5.74, 6) is -0.141. The molecule has 0 saturated carbocycles. The molecule has 8 nitrogen and oxygen atoms in total. The van der Waals surface area contributed by atoms with Crippen LogP contribution in [0.5, 0.6) is 0 Å². The normalized spacial score (nSPS) is 9.74. The maximum atomic E-state index is 11.6. The average molecular weight is 267 g/mol. The van der Waals surface area contributed by atoms with Crippen LogP contribution in [0.3, 0.4) is 0 Å². The van der Waals surface area contributed by atoms with E-state index in [0.717, 1.165) is 0 Å². The maximum absolute atomic E-state index is 11.6. The van der Waals surface area contributed by atoms with Crippen molar-refractivity contribution in [3.63, 3.8) is 0 Å². The Bertz CT molecular complexity index is 464. The van der Waals surface area contributed by atoms with E-state index in [1.807, 2.05) is 0 Å². The van der Waals surface area contributed by atoms with Gasteiger partial charge in [0.05, 0.1) is 17.9 Å². The van der Waals surface area contributed by atoms with Crippen molar-refractivity contribution < 1.29 is 14.3 Å². The van der Waals surface area contributed by atoms with Gasteiger partial charge in [-0.05, 0) is 13.0 Å². The topological polar surface area (TPSA) is 132 Å². The Morgan fingerprint density at radius 2 is 2.16 bits per heavy atom. The van der Waals surface area contributed by atoms with E-state index in [9.17, 15) is 9.59 Å². The van der Waals surface area contributed by atoms with Crippen molar-refractivity contribution in [3.8, 4) is 0 Å². The zero-order valence-electron chi connectivity index (χ0n) is 10.6. The third-order valence-electron chi connectivity index (χ3n) is 2.20. The van der Waals surface area contributed by atoms with Gasteiger partial charge in [0.25, 0.3) is 0 Å². The molecule has 0 aliphatic rings. The number of rotatable bonds is 6. The van der Waals surface area contributed by atoms with Gasteiger partial charge in [-0.15, -0.1) is 0 Å². The van der Waals surface area contributed by atoms with E-state index in [1.54, 1.807) is 6.92 Å². The minimum atomic E-state index is -0.608. The van der Waals surface area contributed by atoms with Crippen LogP contribution in [0.25, 0.3) is 0 Å². The minimum absolute atomic E-state index is 0.208. The van der Waals surface area contributed by atoms with Gasteiger partial charge in [-0.2, -0.15) is 0 Å². The molecule has 0 aliphatic heterocycles. The number of hydrogen-bond acceptors (Lipinski definition) is 6. The van der Waals surface area contributed by atoms with Crippen LogP contribution in [-0.4, -0.2) is 36.7 Å². The number of amides is 2. The summed E-state index contributed by atoms with van der Waals surface area (Å²) in [5, 5.41) is 5.30.